The quantitative estimate of drug-likeness (QED) is 0.423. The molecule has 7 heavy (non-hydrogen) atoms. The minimum Gasteiger partial charge on any atom is -0.269 e. The molecule has 0 saturated heterocycles. The summed E-state index contributed by atoms with van der Waals surface area (Å²) >= 11 is 0. The van der Waals surface area contributed by atoms with Gasteiger partial charge >= 0.3 is 0 Å². The van der Waals surface area contributed by atoms with Crippen molar-refractivity contribution in [3.05, 3.63) is 26.1 Å². The Morgan fingerprint density at radius 3 is 1.14 bits per heavy atom. The molecule has 0 bridgehead atoms. The van der Waals surface area contributed by atoms with E-state index in [0.717, 1.165) is 0 Å². The lowest BCUT2D eigenvalue weighted by molar-refractivity contribution is 0.725. The fraction of sp³-hybridized carbons (Fsp3) is 0. The van der Waals surface area contributed by atoms with Gasteiger partial charge in [-0.15, -0.1) is 13.2 Å². The van der Waals surface area contributed by atoms with Crippen molar-refractivity contribution in [2.24, 2.45) is 0 Å². The summed E-state index contributed by atoms with van der Waals surface area (Å²) in [5, 5.41) is 0. The average Bonchev–Trinajstić information content (AvgIpc) is 1.46. The molecule has 46 valence electrons. The minimum absolute atomic E-state index is 0. The maximum absolute atomic E-state index is 10.1. The first kappa shape index (κ1) is 33.8. The minimum atomic E-state index is 0. The molecule has 0 aliphatic carbocycles. The molecule has 0 heterocycles. The van der Waals surface area contributed by atoms with Crippen molar-refractivity contribution in [3.8, 4) is 0 Å². The van der Waals surface area contributed by atoms with Gasteiger partial charge in [-0.3, -0.25) is 9.41 Å². The van der Waals surface area contributed by atoms with Crippen molar-refractivity contribution in [1.82, 2.24) is 0 Å². The van der Waals surface area contributed by atoms with Gasteiger partial charge in [-0.05, 0) is 0 Å². The molecule has 3 heteroatoms. The van der Waals surface area contributed by atoms with Gasteiger partial charge < -0.3 is 0 Å². The summed E-state index contributed by atoms with van der Waals surface area (Å²) in [5.41, 5.74) is 0. The Balaban J connectivity index is -0.0000000105. The molecular formula is C4H9F3. The van der Waals surface area contributed by atoms with Gasteiger partial charge in [-0.1, -0.05) is 6.58 Å². The highest BCUT2D eigenvalue weighted by Gasteiger charge is 1.19. The second-order valence-corrected chi connectivity index (χ2v) is 0.154. The summed E-state index contributed by atoms with van der Waals surface area (Å²) in [6, 6.07) is 0. The molecule has 0 N–H and O–H groups in total. The van der Waals surface area contributed by atoms with Crippen molar-refractivity contribution in [3.63, 3.8) is 0 Å². The van der Waals surface area contributed by atoms with Crippen LogP contribution in [0, 0.1) is 0 Å². The second-order valence-electron chi connectivity index (χ2n) is 0.154. The van der Waals surface area contributed by atoms with Crippen LogP contribution in [0.25, 0.3) is 0 Å². The lowest BCUT2D eigenvalue weighted by atomic mass is 11.2. The van der Waals surface area contributed by atoms with Gasteiger partial charge in [-0.25, -0.2) is 4.39 Å². The van der Waals surface area contributed by atoms with E-state index in [-0.39, 0.29) is 15.7 Å². The Kier molecular flexibility index (Phi) is 6360. The highest BCUT2D eigenvalue weighted by atomic mass is 19.1. The van der Waals surface area contributed by atoms with Crippen LogP contribution in [0.3, 0.4) is 0 Å². The van der Waals surface area contributed by atoms with Crippen molar-refractivity contribution in [1.29, 1.82) is 0 Å². The van der Waals surface area contributed by atoms with E-state index >= 15 is 0 Å². The van der Waals surface area contributed by atoms with E-state index in [1.807, 2.05) is 0 Å². The molecule has 0 unspecified atom stereocenters. The van der Waals surface area contributed by atoms with Gasteiger partial charge in [0.15, 0.2) is 0 Å². The van der Waals surface area contributed by atoms with Gasteiger partial charge in [0.1, 0.15) is 0 Å². The Hall–Kier alpha value is -0.730. The van der Waals surface area contributed by atoms with Crippen LogP contribution < -0.4 is 0 Å². The number of halogens is 3. The zero-order valence-electron chi connectivity index (χ0n) is 3.89. The van der Waals surface area contributed by atoms with Crippen LogP contribution in [0.1, 0.15) is 0 Å². The molecule has 0 nitrogen and oxygen atoms in total. The third-order valence-electron chi connectivity index (χ3n) is 0. The summed E-state index contributed by atoms with van der Waals surface area (Å²) in [6.45, 7) is 8.69. The van der Waals surface area contributed by atoms with Crippen molar-refractivity contribution in [2.45, 2.75) is 0 Å². The summed E-state index contributed by atoms with van der Waals surface area (Å²) in [4.78, 5) is 0. The van der Waals surface area contributed by atoms with Crippen LogP contribution in [-0.2, 0) is 0 Å². The summed E-state index contributed by atoms with van der Waals surface area (Å²) in [5.74, 6) is 0. The summed E-state index contributed by atoms with van der Waals surface area (Å²) < 4.78 is 10.1. The second kappa shape index (κ2) is 1320. The van der Waals surface area contributed by atoms with E-state index in [0.29, 0.717) is 0 Å². The van der Waals surface area contributed by atoms with Crippen LogP contribution >= 0.6 is 0 Å². The SMILES string of the molecule is C=C.C=CF.F.F. The van der Waals surface area contributed by atoms with Gasteiger partial charge in [0.2, 0.25) is 0 Å². The molecule has 0 aromatic carbocycles. The molecule has 0 spiro atoms. The lowest BCUT2D eigenvalue weighted by Gasteiger charge is -1.28. The van der Waals surface area contributed by atoms with Crippen LogP contribution in [0.2, 0.25) is 0 Å². The van der Waals surface area contributed by atoms with Crippen LogP contribution in [0.4, 0.5) is 13.8 Å². The van der Waals surface area contributed by atoms with E-state index in [2.05, 4.69) is 19.7 Å². The lowest BCUT2D eigenvalue weighted by Crippen LogP contribution is -0.990. The van der Waals surface area contributed by atoms with Gasteiger partial charge in [0.25, 0.3) is 0 Å². The molecule has 0 aromatic heterocycles. The molecule has 0 saturated carbocycles. The van der Waals surface area contributed by atoms with Crippen LogP contribution in [0.5, 0.6) is 0 Å². The highest BCUT2D eigenvalue weighted by molar-refractivity contribution is 4.39. The molecule has 0 fully saturated rings. The molecule has 0 aliphatic heterocycles. The maximum Gasteiger partial charge on any atom is 0.0795 e. The Morgan fingerprint density at radius 1 is 1.14 bits per heavy atom. The standard InChI is InChI=1S/C2H3F.C2H4.2FH/c1-2-3;1-2;;/h2H,1H2;1-2H2;2*1H. The topological polar surface area (TPSA) is 0 Å². The molecule has 0 rings (SSSR count). The van der Waals surface area contributed by atoms with Gasteiger partial charge in [0, 0.05) is 0 Å². The summed E-state index contributed by atoms with van der Waals surface area (Å²) in [7, 11) is 0. The third-order valence-corrected chi connectivity index (χ3v) is 0. The molecule has 0 atom stereocenters. The first-order valence-electron chi connectivity index (χ1n) is 1.13. The normalized spacial score (nSPS) is 2.43. The fourth-order valence-corrected chi connectivity index (χ4v) is 0. The van der Waals surface area contributed by atoms with E-state index in [1.54, 1.807) is 0 Å². The van der Waals surface area contributed by atoms with Crippen LogP contribution in [0.15, 0.2) is 26.1 Å². The molecule has 0 radical (unpaired) electrons. The van der Waals surface area contributed by atoms with Gasteiger partial charge in [-0.2, -0.15) is 0 Å². The third kappa shape index (κ3) is 106. The number of hydrogen-bond donors (Lipinski definition) is 0. The van der Waals surface area contributed by atoms with E-state index in [4.69, 9.17) is 0 Å². The highest BCUT2D eigenvalue weighted by Crippen LogP contribution is 1.48. The molecule has 0 aliphatic rings. The first-order chi connectivity index (χ1) is 2.41. The predicted octanol–water partition coefficient (Wildman–Crippen LogP) is 2.21. The Bertz CT molecular complexity index is 20.9. The molecule has 0 aromatic rings. The van der Waals surface area contributed by atoms with Crippen molar-refractivity contribution >= 4 is 0 Å². The first-order valence-corrected chi connectivity index (χ1v) is 1.13. The molecule has 0 amide bonds. The van der Waals surface area contributed by atoms with Crippen LogP contribution in [-0.4, -0.2) is 0 Å². The maximum atomic E-state index is 10.1. The van der Waals surface area contributed by atoms with E-state index in [9.17, 15) is 4.39 Å². The predicted molar refractivity (Wildman–Crippen MR) is 27.6 cm³/mol. The van der Waals surface area contributed by atoms with Gasteiger partial charge in [0.05, 0.1) is 6.33 Å². The molecular weight excluding hydrogens is 105 g/mol. The van der Waals surface area contributed by atoms with Crippen molar-refractivity contribution < 1.29 is 13.8 Å². The average molecular weight is 114 g/mol. The zero-order chi connectivity index (χ0) is 4.71. The fourth-order valence-electron chi connectivity index (χ4n) is 0. The smallest absolute Gasteiger partial charge is 0.0795 e. The Morgan fingerprint density at radius 2 is 1.14 bits per heavy atom. The number of rotatable bonds is 0. The zero-order valence-corrected chi connectivity index (χ0v) is 3.89. The van der Waals surface area contributed by atoms with E-state index in [1.165, 1.54) is 0 Å². The Labute approximate surface area is 41.1 Å². The summed E-state index contributed by atoms with van der Waals surface area (Å²) in [6.07, 6.45) is 0.250. The number of hydrogen-bond acceptors (Lipinski definition) is 0. The monoisotopic (exact) mass is 114 g/mol. The van der Waals surface area contributed by atoms with E-state index < -0.39 is 0 Å². The van der Waals surface area contributed by atoms with Crippen molar-refractivity contribution in [2.75, 3.05) is 0 Å². The largest absolute Gasteiger partial charge is 0.269 e.